The van der Waals surface area contributed by atoms with Crippen LogP contribution in [0.25, 0.3) is 0 Å². The molecule has 0 fully saturated rings. The first-order valence-corrected chi connectivity index (χ1v) is 18.5. The molecule has 0 aromatic heterocycles. The molecule has 10 heteroatoms. The first kappa shape index (κ1) is 34.6. The van der Waals surface area contributed by atoms with Gasteiger partial charge in [0.25, 0.3) is 10.1 Å². The zero-order chi connectivity index (χ0) is 32.9. The average molecular weight is 653 g/mol. The van der Waals surface area contributed by atoms with Crippen molar-refractivity contribution in [2.75, 3.05) is 29.5 Å². The molecule has 8 nitrogen and oxygen atoms in total. The first-order chi connectivity index (χ1) is 21.1. The lowest BCUT2D eigenvalue weighted by Gasteiger charge is -2.27. The number of fused-ring (bicyclic) bond motifs is 2. The molecular weight excluding hydrogens is 609 g/mol. The van der Waals surface area contributed by atoms with Gasteiger partial charge in [-0.2, -0.15) is 13.0 Å². The van der Waals surface area contributed by atoms with Crippen LogP contribution in [0.4, 0.5) is 11.4 Å². The number of nitrogens with zero attached hydrogens (tertiary/aromatic N) is 2. The minimum atomic E-state index is -4.22. The molecule has 2 aliphatic rings. The van der Waals surface area contributed by atoms with Gasteiger partial charge in [-0.05, 0) is 50.8 Å². The first-order valence-electron chi connectivity index (χ1n) is 15.4. The van der Waals surface area contributed by atoms with Gasteiger partial charge in [-0.15, -0.1) is 0 Å². The molecule has 242 valence electrons. The predicted molar refractivity (Wildman–Crippen MR) is 181 cm³/mol. The van der Waals surface area contributed by atoms with Crippen molar-refractivity contribution in [1.29, 1.82) is 0 Å². The van der Waals surface area contributed by atoms with Crippen molar-refractivity contribution in [3.63, 3.8) is 0 Å². The van der Waals surface area contributed by atoms with Crippen molar-refractivity contribution in [1.82, 2.24) is 0 Å². The molecule has 0 saturated heterocycles. The van der Waals surface area contributed by atoms with Crippen LogP contribution < -0.4 is 4.90 Å². The monoisotopic (exact) mass is 652 g/mol. The van der Waals surface area contributed by atoms with Crippen molar-refractivity contribution in [3.8, 4) is 0 Å². The topological polar surface area (TPSA) is 118 Å². The normalized spacial score (nSPS) is 18.6. The highest BCUT2D eigenvalue weighted by atomic mass is 32.2. The Labute approximate surface area is 268 Å². The van der Waals surface area contributed by atoms with E-state index >= 15 is 0 Å². The van der Waals surface area contributed by atoms with E-state index in [0.717, 1.165) is 22.8 Å². The molecule has 1 N–H and O–H groups in total. The van der Waals surface area contributed by atoms with Gasteiger partial charge in [-0.25, -0.2) is 8.42 Å². The number of hydrogen-bond acceptors (Lipinski definition) is 6. The SMILES string of the molecule is CC1(C)C(=CC=CC=CC=CC2=[N+](CCCCS(=O)(=O)O)c3ccccc3C2(C)C)N(CCCCS(=O)(=O)[O-])c2ccccc21. The van der Waals surface area contributed by atoms with E-state index in [0.29, 0.717) is 38.8 Å². The van der Waals surface area contributed by atoms with Gasteiger partial charge in [0.05, 0.1) is 21.3 Å². The molecular formula is C35H44N2O6S2. The number of allylic oxidation sites excluding steroid dienone is 8. The molecule has 0 amide bonds. The molecule has 2 aromatic carbocycles. The van der Waals surface area contributed by atoms with Crippen LogP contribution >= 0.6 is 0 Å². The van der Waals surface area contributed by atoms with Crippen molar-refractivity contribution < 1.29 is 30.5 Å². The third kappa shape index (κ3) is 8.49. The Hall–Kier alpha value is -3.31. The summed E-state index contributed by atoms with van der Waals surface area (Å²) in [7, 11) is -8.20. The van der Waals surface area contributed by atoms with Gasteiger partial charge in [-0.1, -0.05) is 80.6 Å². The highest BCUT2D eigenvalue weighted by Gasteiger charge is 2.43. The Morgan fingerprint density at radius 2 is 1.40 bits per heavy atom. The van der Waals surface area contributed by atoms with Crippen LogP contribution in [0.3, 0.4) is 0 Å². The number of benzene rings is 2. The van der Waals surface area contributed by atoms with Crippen molar-refractivity contribution in [2.45, 2.75) is 64.2 Å². The average Bonchev–Trinajstić information content (AvgIpc) is 3.30. The second-order valence-electron chi connectivity index (χ2n) is 12.6. The molecule has 0 aliphatic carbocycles. The van der Waals surface area contributed by atoms with Crippen LogP contribution in [-0.2, 0) is 31.1 Å². The molecule has 45 heavy (non-hydrogen) atoms. The second kappa shape index (κ2) is 14.0. The summed E-state index contributed by atoms with van der Waals surface area (Å²) in [4.78, 5) is 2.22. The van der Waals surface area contributed by atoms with Crippen LogP contribution in [0, 0.1) is 0 Å². The third-order valence-electron chi connectivity index (χ3n) is 8.61. The second-order valence-corrected chi connectivity index (χ2v) is 15.7. The van der Waals surface area contributed by atoms with Gasteiger partial charge < -0.3 is 9.45 Å². The van der Waals surface area contributed by atoms with Gasteiger partial charge >= 0.3 is 0 Å². The van der Waals surface area contributed by atoms with Gasteiger partial charge in [0.1, 0.15) is 6.54 Å². The fraction of sp³-hybridized carbons (Fsp3) is 0.400. The summed E-state index contributed by atoms with van der Waals surface area (Å²) in [5.41, 5.74) is 6.41. The lowest BCUT2D eigenvalue weighted by molar-refractivity contribution is -0.438. The van der Waals surface area contributed by atoms with Gasteiger partial charge in [0, 0.05) is 53.2 Å². The minimum Gasteiger partial charge on any atom is -0.748 e. The molecule has 4 rings (SSSR count). The van der Waals surface area contributed by atoms with E-state index in [1.807, 2.05) is 54.6 Å². The third-order valence-corrected chi connectivity index (χ3v) is 10.2. The molecule has 2 heterocycles. The summed E-state index contributed by atoms with van der Waals surface area (Å²) < 4.78 is 66.9. The smallest absolute Gasteiger partial charge is 0.264 e. The number of rotatable bonds is 14. The van der Waals surface area contributed by atoms with E-state index in [4.69, 9.17) is 4.55 Å². The van der Waals surface area contributed by atoms with Crippen molar-refractivity contribution in [3.05, 3.63) is 108 Å². The fourth-order valence-electron chi connectivity index (χ4n) is 6.35. The molecule has 0 spiro atoms. The maximum absolute atomic E-state index is 11.2. The van der Waals surface area contributed by atoms with E-state index in [-0.39, 0.29) is 22.3 Å². The predicted octanol–water partition coefficient (Wildman–Crippen LogP) is 6.41. The number of unbranched alkanes of at least 4 members (excludes halogenated alkanes) is 2. The zero-order valence-corrected chi connectivity index (χ0v) is 28.1. The Morgan fingerprint density at radius 1 is 0.778 bits per heavy atom. The highest BCUT2D eigenvalue weighted by Crippen LogP contribution is 2.47. The Kier molecular flexibility index (Phi) is 10.7. The lowest BCUT2D eigenvalue weighted by Crippen LogP contribution is -2.28. The van der Waals surface area contributed by atoms with E-state index < -0.39 is 20.2 Å². The standard InChI is InChI=1S/C35H44N2O6S2/c1-34(2)28-18-10-12-20-30(28)36(24-14-16-26-44(38,39)40)32(34)22-8-6-5-7-9-23-33-35(3,4)29-19-11-13-21-31(29)37(33)25-15-17-27-45(41,42)43/h5-13,18-23H,14-17,24-27H2,1-4H3,(H-,38,39,40,41,42,43). The maximum atomic E-state index is 11.2. The van der Waals surface area contributed by atoms with Crippen molar-refractivity contribution in [2.24, 2.45) is 0 Å². The number of hydrogen-bond donors (Lipinski definition) is 1. The van der Waals surface area contributed by atoms with Crippen molar-refractivity contribution >= 4 is 37.3 Å². The Bertz CT molecular complexity index is 1760. The molecule has 0 bridgehead atoms. The molecule has 0 unspecified atom stereocenters. The number of para-hydroxylation sites is 2. The zero-order valence-electron chi connectivity index (χ0n) is 26.5. The summed E-state index contributed by atoms with van der Waals surface area (Å²) in [5.74, 6) is -0.591. The van der Waals surface area contributed by atoms with Crippen LogP contribution in [0.15, 0.2) is 96.8 Å². The van der Waals surface area contributed by atoms with Gasteiger partial charge in [0.2, 0.25) is 5.69 Å². The van der Waals surface area contributed by atoms with Gasteiger partial charge in [0.15, 0.2) is 5.71 Å². The lowest BCUT2D eigenvalue weighted by atomic mass is 9.81. The molecule has 0 atom stereocenters. The molecule has 0 radical (unpaired) electrons. The van der Waals surface area contributed by atoms with E-state index in [9.17, 15) is 21.4 Å². The van der Waals surface area contributed by atoms with Crippen LogP contribution in [0.1, 0.15) is 64.5 Å². The quantitative estimate of drug-likeness (QED) is 0.109. The maximum Gasteiger partial charge on any atom is 0.264 e. The van der Waals surface area contributed by atoms with Crippen LogP contribution in [0.5, 0.6) is 0 Å². The summed E-state index contributed by atoms with van der Waals surface area (Å²) in [5, 5.41) is 0. The summed E-state index contributed by atoms with van der Waals surface area (Å²) in [6.07, 6.45) is 16.1. The molecule has 2 aliphatic heterocycles. The summed E-state index contributed by atoms with van der Waals surface area (Å²) in [6, 6.07) is 16.5. The van der Waals surface area contributed by atoms with Crippen LogP contribution in [0.2, 0.25) is 0 Å². The molecule has 0 saturated carbocycles. The Balaban J connectivity index is 1.49. The van der Waals surface area contributed by atoms with Crippen LogP contribution in [-0.4, -0.2) is 60.8 Å². The Morgan fingerprint density at radius 3 is 2.11 bits per heavy atom. The largest absolute Gasteiger partial charge is 0.748 e. The van der Waals surface area contributed by atoms with Gasteiger partial charge in [-0.3, -0.25) is 4.55 Å². The highest BCUT2D eigenvalue weighted by molar-refractivity contribution is 7.85. The van der Waals surface area contributed by atoms with E-state index in [2.05, 4.69) is 73.6 Å². The van der Waals surface area contributed by atoms with E-state index in [1.54, 1.807) is 0 Å². The minimum absolute atomic E-state index is 0.228. The molecule has 2 aromatic rings. The summed E-state index contributed by atoms with van der Waals surface area (Å²) in [6.45, 7) is 10.0. The summed E-state index contributed by atoms with van der Waals surface area (Å²) >= 11 is 0. The fourth-order valence-corrected chi connectivity index (χ4v) is 7.48. The number of anilines is 1. The van der Waals surface area contributed by atoms with E-state index in [1.165, 1.54) is 11.1 Å².